The molecule has 1 aromatic carbocycles. The predicted octanol–water partition coefficient (Wildman–Crippen LogP) is 2.87. The van der Waals surface area contributed by atoms with Gasteiger partial charge < -0.3 is 15.1 Å². The number of halogens is 1. The molecule has 6 heteroatoms. The summed E-state index contributed by atoms with van der Waals surface area (Å²) < 4.78 is 0. The van der Waals surface area contributed by atoms with E-state index in [1.54, 1.807) is 0 Å². The molecular formula is C15H20ClN5. The van der Waals surface area contributed by atoms with Gasteiger partial charge in [0.15, 0.2) is 11.0 Å². The maximum atomic E-state index is 6.10. The van der Waals surface area contributed by atoms with Crippen LogP contribution in [-0.2, 0) is 6.54 Å². The molecular weight excluding hydrogens is 286 g/mol. The minimum absolute atomic E-state index is 0.427. The first-order valence-corrected chi connectivity index (χ1v) is 7.06. The van der Waals surface area contributed by atoms with E-state index in [0.717, 1.165) is 18.1 Å². The van der Waals surface area contributed by atoms with Crippen LogP contribution in [0.1, 0.15) is 5.56 Å². The fourth-order valence-electron chi connectivity index (χ4n) is 2.14. The van der Waals surface area contributed by atoms with Crippen LogP contribution in [0.2, 0.25) is 5.15 Å². The van der Waals surface area contributed by atoms with Crippen molar-refractivity contribution < 1.29 is 0 Å². The highest BCUT2D eigenvalue weighted by Gasteiger charge is 2.13. The molecule has 0 spiro atoms. The Labute approximate surface area is 130 Å². The topological polar surface area (TPSA) is 44.3 Å². The Hall–Kier alpha value is -2.01. The van der Waals surface area contributed by atoms with Gasteiger partial charge in [0.25, 0.3) is 0 Å². The third kappa shape index (κ3) is 3.55. The lowest BCUT2D eigenvalue weighted by Crippen LogP contribution is -2.20. The highest BCUT2D eigenvalue weighted by molar-refractivity contribution is 6.32. The molecule has 0 bridgehead atoms. The molecule has 0 radical (unpaired) electrons. The Kier molecular flexibility index (Phi) is 4.85. The molecule has 0 aliphatic heterocycles. The molecule has 0 fully saturated rings. The van der Waals surface area contributed by atoms with Crippen LogP contribution < -0.4 is 15.1 Å². The molecule has 5 nitrogen and oxygen atoms in total. The molecule has 1 aromatic heterocycles. The van der Waals surface area contributed by atoms with Gasteiger partial charge in [-0.05, 0) is 17.7 Å². The van der Waals surface area contributed by atoms with E-state index in [4.69, 9.17) is 11.6 Å². The minimum atomic E-state index is 0.427. The minimum Gasteiger partial charge on any atom is -0.383 e. The van der Waals surface area contributed by atoms with E-state index >= 15 is 0 Å². The van der Waals surface area contributed by atoms with Gasteiger partial charge in [-0.1, -0.05) is 23.7 Å². The van der Waals surface area contributed by atoms with Gasteiger partial charge in [-0.15, -0.1) is 0 Å². The van der Waals surface area contributed by atoms with E-state index in [9.17, 15) is 0 Å². The smallest absolute Gasteiger partial charge is 0.157 e. The summed E-state index contributed by atoms with van der Waals surface area (Å²) in [6, 6.07) is 8.41. The average Bonchev–Trinajstić information content (AvgIpc) is 2.47. The van der Waals surface area contributed by atoms with Crippen molar-refractivity contribution in [2.24, 2.45) is 0 Å². The fourth-order valence-corrected chi connectivity index (χ4v) is 2.36. The van der Waals surface area contributed by atoms with E-state index in [2.05, 4.69) is 44.5 Å². The van der Waals surface area contributed by atoms with Crippen LogP contribution in [0.4, 0.5) is 17.2 Å². The second-order valence-corrected chi connectivity index (χ2v) is 5.39. The second-order valence-electron chi connectivity index (χ2n) is 5.03. The molecule has 0 amide bonds. The lowest BCUT2D eigenvalue weighted by molar-refractivity contribution is 0.891. The Morgan fingerprint density at radius 2 is 1.95 bits per heavy atom. The van der Waals surface area contributed by atoms with Gasteiger partial charge >= 0.3 is 0 Å². The molecule has 112 valence electrons. The van der Waals surface area contributed by atoms with E-state index in [0.29, 0.717) is 5.15 Å². The van der Waals surface area contributed by atoms with E-state index in [-0.39, 0.29) is 0 Å². The van der Waals surface area contributed by atoms with Gasteiger partial charge in [0.1, 0.15) is 12.0 Å². The van der Waals surface area contributed by atoms with Crippen molar-refractivity contribution in [1.82, 2.24) is 9.97 Å². The molecule has 21 heavy (non-hydrogen) atoms. The van der Waals surface area contributed by atoms with Crippen LogP contribution in [-0.4, -0.2) is 38.2 Å². The van der Waals surface area contributed by atoms with Gasteiger partial charge in [0.2, 0.25) is 0 Å². The normalized spacial score (nSPS) is 10.3. The Morgan fingerprint density at radius 1 is 1.19 bits per heavy atom. The summed E-state index contributed by atoms with van der Waals surface area (Å²) in [6.45, 7) is 0.740. The van der Waals surface area contributed by atoms with Crippen LogP contribution in [0.3, 0.4) is 0 Å². The van der Waals surface area contributed by atoms with E-state index in [1.165, 1.54) is 17.6 Å². The Bertz CT molecular complexity index is 615. The lowest BCUT2D eigenvalue weighted by atomic mass is 10.2. The van der Waals surface area contributed by atoms with Gasteiger partial charge in [0.05, 0.1) is 0 Å². The Morgan fingerprint density at radius 3 is 2.62 bits per heavy atom. The van der Waals surface area contributed by atoms with Crippen molar-refractivity contribution in [3.63, 3.8) is 0 Å². The molecule has 1 heterocycles. The summed E-state index contributed by atoms with van der Waals surface area (Å²) >= 11 is 6.10. The van der Waals surface area contributed by atoms with Crippen molar-refractivity contribution in [2.75, 3.05) is 43.3 Å². The zero-order valence-corrected chi connectivity index (χ0v) is 13.5. The number of nitrogens with zero attached hydrogens (tertiary/aromatic N) is 4. The predicted molar refractivity (Wildman–Crippen MR) is 89.5 cm³/mol. The highest BCUT2D eigenvalue weighted by Crippen LogP contribution is 2.29. The summed E-state index contributed by atoms with van der Waals surface area (Å²) in [4.78, 5) is 12.5. The maximum Gasteiger partial charge on any atom is 0.157 e. The summed E-state index contributed by atoms with van der Waals surface area (Å²) in [6.07, 6.45) is 1.48. The van der Waals surface area contributed by atoms with Crippen LogP contribution in [0.15, 0.2) is 30.6 Å². The first kappa shape index (κ1) is 15.4. The van der Waals surface area contributed by atoms with Crippen molar-refractivity contribution >= 4 is 28.8 Å². The van der Waals surface area contributed by atoms with E-state index < -0.39 is 0 Å². The molecule has 0 saturated heterocycles. The molecule has 2 aromatic rings. The van der Waals surface area contributed by atoms with Gasteiger partial charge in [-0.25, -0.2) is 9.97 Å². The first-order valence-electron chi connectivity index (χ1n) is 6.68. The number of nitrogens with one attached hydrogen (secondary N) is 1. The van der Waals surface area contributed by atoms with Gasteiger partial charge in [0, 0.05) is 40.4 Å². The SMILES string of the molecule is CNc1c(Cl)ncnc1N(C)Cc1cccc(N(C)C)c1. The molecule has 0 atom stereocenters. The number of hydrogen-bond acceptors (Lipinski definition) is 5. The molecule has 0 aliphatic rings. The van der Waals surface area contributed by atoms with Crippen LogP contribution in [0.25, 0.3) is 0 Å². The fraction of sp³-hybridized carbons (Fsp3) is 0.333. The van der Waals surface area contributed by atoms with Gasteiger partial charge in [-0.2, -0.15) is 0 Å². The number of benzene rings is 1. The summed E-state index contributed by atoms with van der Waals surface area (Å²) in [5.41, 5.74) is 3.13. The van der Waals surface area contributed by atoms with Gasteiger partial charge in [-0.3, -0.25) is 0 Å². The van der Waals surface area contributed by atoms with Crippen LogP contribution in [0, 0.1) is 0 Å². The summed E-state index contributed by atoms with van der Waals surface area (Å²) in [5, 5.41) is 3.48. The zero-order chi connectivity index (χ0) is 15.4. The average molecular weight is 306 g/mol. The molecule has 2 rings (SSSR count). The zero-order valence-electron chi connectivity index (χ0n) is 12.8. The molecule has 0 saturated carbocycles. The summed E-state index contributed by atoms with van der Waals surface area (Å²) in [7, 11) is 7.87. The molecule has 0 unspecified atom stereocenters. The number of anilines is 3. The number of aromatic nitrogens is 2. The maximum absolute atomic E-state index is 6.10. The van der Waals surface area contributed by atoms with Crippen molar-refractivity contribution in [1.29, 1.82) is 0 Å². The third-order valence-electron chi connectivity index (χ3n) is 3.24. The lowest BCUT2D eigenvalue weighted by Gasteiger charge is -2.22. The van der Waals surface area contributed by atoms with Crippen LogP contribution in [0.5, 0.6) is 0 Å². The Balaban J connectivity index is 2.24. The third-order valence-corrected chi connectivity index (χ3v) is 3.53. The number of rotatable bonds is 5. The second kappa shape index (κ2) is 6.63. The van der Waals surface area contributed by atoms with Crippen molar-refractivity contribution in [3.8, 4) is 0 Å². The molecule has 0 aliphatic carbocycles. The highest BCUT2D eigenvalue weighted by atomic mass is 35.5. The standard InChI is InChI=1S/C15H20ClN5/c1-17-13-14(16)18-10-19-15(13)21(4)9-11-6-5-7-12(8-11)20(2)3/h5-8,10,17H,9H2,1-4H3. The van der Waals surface area contributed by atoms with Crippen molar-refractivity contribution in [2.45, 2.75) is 6.54 Å². The number of hydrogen-bond donors (Lipinski definition) is 1. The first-order chi connectivity index (χ1) is 10.0. The summed E-state index contributed by atoms with van der Waals surface area (Å²) in [5.74, 6) is 0.785. The van der Waals surface area contributed by atoms with Crippen LogP contribution >= 0.6 is 11.6 Å². The quantitative estimate of drug-likeness (QED) is 0.861. The molecule has 1 N–H and O–H groups in total. The monoisotopic (exact) mass is 305 g/mol. The van der Waals surface area contributed by atoms with E-state index in [1.807, 2.05) is 33.1 Å². The van der Waals surface area contributed by atoms with Crippen molar-refractivity contribution in [3.05, 3.63) is 41.3 Å². The largest absolute Gasteiger partial charge is 0.383 e.